The lowest BCUT2D eigenvalue weighted by Gasteiger charge is -2.21. The highest BCUT2D eigenvalue weighted by molar-refractivity contribution is 6.31. The van der Waals surface area contributed by atoms with Crippen LogP contribution in [-0.4, -0.2) is 19.1 Å². The number of amides is 1. The Labute approximate surface area is 146 Å². The molecule has 1 atom stereocenters. The Balaban J connectivity index is 1.57. The molecule has 0 saturated heterocycles. The fourth-order valence-corrected chi connectivity index (χ4v) is 2.91. The normalized spacial score (nSPS) is 14.1. The molecular formula is C19H20ClNO3. The van der Waals surface area contributed by atoms with Crippen LogP contribution in [0.25, 0.3) is 0 Å². The van der Waals surface area contributed by atoms with Gasteiger partial charge < -0.3 is 14.8 Å². The van der Waals surface area contributed by atoms with Crippen LogP contribution in [0.5, 0.6) is 11.5 Å². The van der Waals surface area contributed by atoms with Gasteiger partial charge in [0, 0.05) is 11.4 Å². The monoisotopic (exact) mass is 345 g/mol. The van der Waals surface area contributed by atoms with E-state index in [0.29, 0.717) is 31.1 Å². The number of hydrogen-bond donors (Lipinski definition) is 1. The van der Waals surface area contributed by atoms with Crippen molar-refractivity contribution in [2.24, 2.45) is 0 Å². The van der Waals surface area contributed by atoms with Gasteiger partial charge in [0.1, 0.15) is 13.2 Å². The zero-order valence-corrected chi connectivity index (χ0v) is 14.3. The van der Waals surface area contributed by atoms with E-state index >= 15 is 0 Å². The smallest absolute Gasteiger partial charge is 0.220 e. The Hall–Kier alpha value is -2.20. The van der Waals surface area contributed by atoms with Crippen molar-refractivity contribution in [1.29, 1.82) is 0 Å². The SMILES string of the molecule is C[C@H](NC(=O)CCc1ccccc1Cl)c1ccc2c(c1)OCCO2. The molecule has 24 heavy (non-hydrogen) atoms. The van der Waals surface area contributed by atoms with E-state index in [4.69, 9.17) is 21.1 Å². The van der Waals surface area contributed by atoms with Gasteiger partial charge in [-0.1, -0.05) is 35.9 Å². The first kappa shape index (κ1) is 16.7. The van der Waals surface area contributed by atoms with E-state index in [0.717, 1.165) is 22.6 Å². The van der Waals surface area contributed by atoms with E-state index in [1.54, 1.807) is 0 Å². The molecule has 0 unspecified atom stereocenters. The van der Waals surface area contributed by atoms with Gasteiger partial charge in [-0.15, -0.1) is 0 Å². The van der Waals surface area contributed by atoms with Gasteiger partial charge in [0.05, 0.1) is 6.04 Å². The third-order valence-corrected chi connectivity index (χ3v) is 4.39. The van der Waals surface area contributed by atoms with E-state index in [1.165, 1.54) is 0 Å². The molecule has 0 aliphatic carbocycles. The molecule has 4 nitrogen and oxygen atoms in total. The molecule has 5 heteroatoms. The quantitative estimate of drug-likeness (QED) is 0.893. The average molecular weight is 346 g/mol. The van der Waals surface area contributed by atoms with Gasteiger partial charge in [-0.25, -0.2) is 0 Å². The lowest BCUT2D eigenvalue weighted by molar-refractivity contribution is -0.121. The summed E-state index contributed by atoms with van der Waals surface area (Å²) in [5.74, 6) is 1.48. The molecule has 1 heterocycles. The Kier molecular flexibility index (Phi) is 5.26. The van der Waals surface area contributed by atoms with Crippen LogP contribution >= 0.6 is 11.6 Å². The van der Waals surface area contributed by atoms with Crippen LogP contribution in [0.4, 0.5) is 0 Å². The summed E-state index contributed by atoms with van der Waals surface area (Å²) in [6.07, 6.45) is 1.03. The predicted molar refractivity (Wildman–Crippen MR) is 93.8 cm³/mol. The maximum atomic E-state index is 12.2. The second-order valence-corrected chi connectivity index (χ2v) is 6.19. The molecule has 0 spiro atoms. The highest BCUT2D eigenvalue weighted by Gasteiger charge is 2.16. The summed E-state index contributed by atoms with van der Waals surface area (Å²) in [6, 6.07) is 13.3. The molecule has 0 fully saturated rings. The molecule has 1 aliphatic heterocycles. The van der Waals surface area contributed by atoms with Gasteiger partial charge in [0.25, 0.3) is 0 Å². The van der Waals surface area contributed by atoms with E-state index in [-0.39, 0.29) is 11.9 Å². The van der Waals surface area contributed by atoms with Crippen molar-refractivity contribution in [2.75, 3.05) is 13.2 Å². The van der Waals surface area contributed by atoms with Crippen molar-refractivity contribution in [3.05, 3.63) is 58.6 Å². The number of ether oxygens (including phenoxy) is 2. The molecule has 3 rings (SSSR count). The molecule has 0 radical (unpaired) electrons. The molecular weight excluding hydrogens is 326 g/mol. The lowest BCUT2D eigenvalue weighted by Crippen LogP contribution is -2.27. The third-order valence-electron chi connectivity index (χ3n) is 4.02. The van der Waals surface area contributed by atoms with Crippen LogP contribution < -0.4 is 14.8 Å². The summed E-state index contributed by atoms with van der Waals surface area (Å²) in [6.45, 7) is 3.08. The van der Waals surface area contributed by atoms with Crippen molar-refractivity contribution in [3.63, 3.8) is 0 Å². The number of carbonyl (C=O) groups excluding carboxylic acids is 1. The maximum absolute atomic E-state index is 12.2. The van der Waals surface area contributed by atoms with Crippen LogP contribution in [0.3, 0.4) is 0 Å². The number of halogens is 1. The number of aryl methyl sites for hydroxylation is 1. The van der Waals surface area contributed by atoms with Gasteiger partial charge in [0.15, 0.2) is 11.5 Å². The van der Waals surface area contributed by atoms with Crippen LogP contribution in [0.1, 0.15) is 30.5 Å². The largest absolute Gasteiger partial charge is 0.486 e. The molecule has 2 aromatic carbocycles. The number of hydrogen-bond acceptors (Lipinski definition) is 3. The first-order chi connectivity index (χ1) is 11.6. The number of benzene rings is 2. The van der Waals surface area contributed by atoms with Gasteiger partial charge in [-0.05, 0) is 42.7 Å². The van der Waals surface area contributed by atoms with Gasteiger partial charge in [-0.3, -0.25) is 4.79 Å². The molecule has 1 aliphatic rings. The summed E-state index contributed by atoms with van der Waals surface area (Å²) in [4.78, 5) is 12.2. The molecule has 126 valence electrons. The summed E-state index contributed by atoms with van der Waals surface area (Å²) in [5.41, 5.74) is 1.98. The average Bonchev–Trinajstić information content (AvgIpc) is 2.60. The highest BCUT2D eigenvalue weighted by atomic mass is 35.5. The van der Waals surface area contributed by atoms with Crippen molar-refractivity contribution in [2.45, 2.75) is 25.8 Å². The van der Waals surface area contributed by atoms with Gasteiger partial charge in [0.2, 0.25) is 5.91 Å². The standard InChI is InChI=1S/C19H20ClNO3/c1-13(15-6-8-17-18(12-15)24-11-10-23-17)21-19(22)9-7-14-4-2-3-5-16(14)20/h2-6,8,12-13H,7,9-11H2,1H3,(H,21,22)/t13-/m0/s1. The van der Waals surface area contributed by atoms with Gasteiger partial charge >= 0.3 is 0 Å². The fourth-order valence-electron chi connectivity index (χ4n) is 2.68. The summed E-state index contributed by atoms with van der Waals surface area (Å²) in [5, 5.41) is 3.71. The minimum Gasteiger partial charge on any atom is -0.486 e. The zero-order valence-electron chi connectivity index (χ0n) is 13.5. The Bertz CT molecular complexity index is 732. The number of nitrogens with one attached hydrogen (secondary N) is 1. The zero-order chi connectivity index (χ0) is 16.9. The summed E-state index contributed by atoms with van der Waals surface area (Å²) in [7, 11) is 0. The Morgan fingerprint density at radius 2 is 1.92 bits per heavy atom. The van der Waals surface area contributed by atoms with E-state index in [2.05, 4.69) is 5.32 Å². The van der Waals surface area contributed by atoms with E-state index < -0.39 is 0 Å². The Morgan fingerprint density at radius 1 is 1.17 bits per heavy atom. The number of fused-ring (bicyclic) bond motifs is 1. The molecule has 0 aromatic heterocycles. The molecule has 0 bridgehead atoms. The number of carbonyl (C=O) groups is 1. The minimum atomic E-state index is -0.0976. The number of rotatable bonds is 5. The predicted octanol–water partition coefficient (Wildman–Crippen LogP) is 3.92. The van der Waals surface area contributed by atoms with Crippen molar-refractivity contribution >= 4 is 17.5 Å². The van der Waals surface area contributed by atoms with Crippen LogP contribution in [0.15, 0.2) is 42.5 Å². The summed E-state index contributed by atoms with van der Waals surface area (Å²) < 4.78 is 11.1. The molecule has 0 saturated carbocycles. The van der Waals surface area contributed by atoms with Crippen molar-refractivity contribution < 1.29 is 14.3 Å². The Morgan fingerprint density at radius 3 is 2.71 bits per heavy atom. The van der Waals surface area contributed by atoms with Crippen LogP contribution in [-0.2, 0) is 11.2 Å². The van der Waals surface area contributed by atoms with Gasteiger partial charge in [-0.2, -0.15) is 0 Å². The summed E-state index contributed by atoms with van der Waals surface area (Å²) >= 11 is 6.12. The topological polar surface area (TPSA) is 47.6 Å². The highest BCUT2D eigenvalue weighted by Crippen LogP contribution is 2.32. The fraction of sp³-hybridized carbons (Fsp3) is 0.316. The van der Waals surface area contributed by atoms with E-state index in [9.17, 15) is 4.79 Å². The van der Waals surface area contributed by atoms with Crippen molar-refractivity contribution in [1.82, 2.24) is 5.32 Å². The van der Waals surface area contributed by atoms with Crippen LogP contribution in [0.2, 0.25) is 5.02 Å². The van der Waals surface area contributed by atoms with Crippen molar-refractivity contribution in [3.8, 4) is 11.5 Å². The first-order valence-corrected chi connectivity index (χ1v) is 8.43. The third kappa shape index (κ3) is 4.01. The minimum absolute atomic E-state index is 0.00249. The lowest BCUT2D eigenvalue weighted by atomic mass is 10.1. The second kappa shape index (κ2) is 7.58. The molecule has 1 N–H and O–H groups in total. The molecule has 1 amide bonds. The molecule has 2 aromatic rings. The maximum Gasteiger partial charge on any atom is 0.220 e. The van der Waals surface area contributed by atoms with E-state index in [1.807, 2.05) is 49.4 Å². The first-order valence-electron chi connectivity index (χ1n) is 8.06. The second-order valence-electron chi connectivity index (χ2n) is 5.78. The van der Waals surface area contributed by atoms with Crippen LogP contribution in [0, 0.1) is 0 Å².